The number of urea groups is 1. The van der Waals surface area contributed by atoms with Crippen LogP contribution in [0.4, 0.5) is 29.3 Å². The number of hydrogen-bond donors (Lipinski definition) is 3. The summed E-state index contributed by atoms with van der Waals surface area (Å²) in [4.78, 5) is 17.4. The fraction of sp³-hybridized carbons (Fsp3) is 0.357. The number of hydrogen-bond acceptors (Lipinski definition) is 4. The van der Waals surface area contributed by atoms with Gasteiger partial charge < -0.3 is 15.5 Å². The van der Waals surface area contributed by atoms with E-state index in [1.807, 2.05) is 0 Å². The van der Waals surface area contributed by atoms with Crippen LogP contribution in [0.2, 0.25) is 0 Å². The first-order valence-electron chi connectivity index (χ1n) is 7.05. The number of carbonyl (C=O) groups excluding carboxylic acids is 1. The molecule has 0 spiro atoms. The molecule has 0 bridgehead atoms. The maximum Gasteiger partial charge on any atom is 0.416 e. The quantitative estimate of drug-likeness (QED) is 0.778. The van der Waals surface area contributed by atoms with Crippen LogP contribution in [0.3, 0.4) is 0 Å². The number of rotatable bonds is 5. The second kappa shape index (κ2) is 7.20. The van der Waals surface area contributed by atoms with E-state index in [-0.39, 0.29) is 12.2 Å². The van der Waals surface area contributed by atoms with E-state index in [1.165, 1.54) is 12.4 Å². The fourth-order valence-electron chi connectivity index (χ4n) is 2.01. The Balaban J connectivity index is 2.04. The van der Waals surface area contributed by atoms with Crippen LogP contribution in [-0.2, 0) is 12.6 Å². The summed E-state index contributed by atoms with van der Waals surface area (Å²) in [6.07, 6.45) is -2.71. The molecule has 7 nitrogen and oxygen atoms in total. The summed E-state index contributed by atoms with van der Waals surface area (Å²) in [7, 11) is 3.35. The van der Waals surface area contributed by atoms with Crippen molar-refractivity contribution in [3.63, 3.8) is 0 Å². The normalized spacial score (nSPS) is 11.2. The molecule has 0 aliphatic rings. The van der Waals surface area contributed by atoms with E-state index in [4.69, 9.17) is 0 Å². The van der Waals surface area contributed by atoms with Crippen LogP contribution in [-0.4, -0.2) is 41.9 Å². The molecule has 0 saturated carbocycles. The van der Waals surface area contributed by atoms with Gasteiger partial charge in [0.2, 0.25) is 0 Å². The summed E-state index contributed by atoms with van der Waals surface area (Å²) in [6, 6.07) is 2.60. The molecule has 1 aromatic carbocycles. The number of carbonyl (C=O) groups is 1. The Labute approximate surface area is 136 Å². The average Bonchev–Trinajstić information content (AvgIpc) is 2.99. The number of halogens is 3. The highest BCUT2D eigenvalue weighted by atomic mass is 19.4. The van der Waals surface area contributed by atoms with Crippen LogP contribution in [0, 0.1) is 0 Å². The number of aromatic amines is 1. The fourth-order valence-corrected chi connectivity index (χ4v) is 2.01. The van der Waals surface area contributed by atoms with Gasteiger partial charge in [0.15, 0.2) is 0 Å². The molecule has 0 saturated heterocycles. The third-order valence-electron chi connectivity index (χ3n) is 3.17. The van der Waals surface area contributed by atoms with Crippen molar-refractivity contribution in [2.24, 2.45) is 0 Å². The summed E-state index contributed by atoms with van der Waals surface area (Å²) in [5.74, 6) is 0.600. The summed E-state index contributed by atoms with van der Waals surface area (Å²) in [5.41, 5.74) is -0.287. The molecule has 2 rings (SSSR count). The van der Waals surface area contributed by atoms with Crippen LogP contribution in [0.1, 0.15) is 11.4 Å². The predicted molar refractivity (Wildman–Crippen MR) is 82.9 cm³/mol. The Morgan fingerprint density at radius 2 is 2.08 bits per heavy atom. The molecule has 2 amide bonds. The third kappa shape index (κ3) is 4.61. The van der Waals surface area contributed by atoms with Crippen LogP contribution in [0.5, 0.6) is 0 Å². The van der Waals surface area contributed by atoms with Gasteiger partial charge in [0, 0.05) is 27.1 Å². The highest BCUT2D eigenvalue weighted by Crippen LogP contribution is 2.34. The summed E-state index contributed by atoms with van der Waals surface area (Å²) < 4.78 is 38.5. The lowest BCUT2D eigenvalue weighted by Crippen LogP contribution is -2.31. The van der Waals surface area contributed by atoms with Crippen molar-refractivity contribution in [3.05, 3.63) is 35.9 Å². The maximum atomic E-state index is 12.8. The van der Waals surface area contributed by atoms with Gasteiger partial charge in [-0.1, -0.05) is 0 Å². The van der Waals surface area contributed by atoms with Gasteiger partial charge in [-0.05, 0) is 18.2 Å². The zero-order chi connectivity index (χ0) is 17.7. The SMILES string of the molecule is CN(C)c1ccc(C(F)(F)F)cc1NC(=O)NCCc1ncn[nH]1. The van der Waals surface area contributed by atoms with E-state index in [1.54, 1.807) is 19.0 Å². The lowest BCUT2D eigenvalue weighted by atomic mass is 10.1. The highest BCUT2D eigenvalue weighted by molar-refractivity contribution is 5.93. The largest absolute Gasteiger partial charge is 0.416 e. The molecule has 1 heterocycles. The Hall–Kier alpha value is -2.78. The number of nitrogens with one attached hydrogen (secondary N) is 3. The highest BCUT2D eigenvalue weighted by Gasteiger charge is 2.31. The minimum atomic E-state index is -4.48. The van der Waals surface area contributed by atoms with Gasteiger partial charge in [0.25, 0.3) is 0 Å². The molecule has 0 aliphatic carbocycles. The van der Waals surface area contributed by atoms with Crippen molar-refractivity contribution in [2.75, 3.05) is 30.9 Å². The van der Waals surface area contributed by atoms with Crippen molar-refractivity contribution in [1.82, 2.24) is 20.5 Å². The molecular formula is C14H17F3N6O. The van der Waals surface area contributed by atoms with Crippen molar-refractivity contribution in [1.29, 1.82) is 0 Å². The van der Waals surface area contributed by atoms with Crippen molar-refractivity contribution in [3.8, 4) is 0 Å². The number of nitrogens with zero attached hydrogens (tertiary/aromatic N) is 3. The van der Waals surface area contributed by atoms with Crippen molar-refractivity contribution < 1.29 is 18.0 Å². The van der Waals surface area contributed by atoms with Gasteiger partial charge in [-0.2, -0.15) is 18.3 Å². The van der Waals surface area contributed by atoms with Crippen molar-refractivity contribution in [2.45, 2.75) is 12.6 Å². The smallest absolute Gasteiger partial charge is 0.376 e. The molecule has 0 atom stereocenters. The molecule has 10 heteroatoms. The molecule has 0 aliphatic heterocycles. The van der Waals surface area contributed by atoms with Crippen molar-refractivity contribution >= 4 is 17.4 Å². The van der Waals surface area contributed by atoms with E-state index in [9.17, 15) is 18.0 Å². The zero-order valence-corrected chi connectivity index (χ0v) is 13.1. The van der Waals surface area contributed by atoms with Gasteiger partial charge in [-0.25, -0.2) is 9.78 Å². The molecule has 0 radical (unpaired) electrons. The second-order valence-corrected chi connectivity index (χ2v) is 5.19. The van der Waals surface area contributed by atoms with Crippen LogP contribution in [0.25, 0.3) is 0 Å². The van der Waals surface area contributed by atoms with Gasteiger partial charge in [0.05, 0.1) is 16.9 Å². The predicted octanol–water partition coefficient (Wildman–Crippen LogP) is 2.25. The topological polar surface area (TPSA) is 85.9 Å². The van der Waals surface area contributed by atoms with Gasteiger partial charge in [-0.15, -0.1) is 0 Å². The molecule has 2 aromatic rings. The Bertz CT molecular complexity index is 684. The Kier molecular flexibility index (Phi) is 5.27. The molecular weight excluding hydrogens is 325 g/mol. The van der Waals surface area contributed by atoms with E-state index in [0.717, 1.165) is 12.1 Å². The minimum Gasteiger partial charge on any atom is -0.376 e. The minimum absolute atomic E-state index is 0.0759. The molecule has 3 N–H and O–H groups in total. The monoisotopic (exact) mass is 342 g/mol. The van der Waals surface area contributed by atoms with Gasteiger partial charge in [0.1, 0.15) is 12.2 Å². The lowest BCUT2D eigenvalue weighted by Gasteiger charge is -2.20. The van der Waals surface area contributed by atoms with Gasteiger partial charge >= 0.3 is 12.2 Å². The Morgan fingerprint density at radius 3 is 2.67 bits per heavy atom. The molecule has 0 fully saturated rings. The number of H-pyrrole nitrogens is 1. The summed E-state index contributed by atoms with van der Waals surface area (Å²) >= 11 is 0. The maximum absolute atomic E-state index is 12.8. The molecule has 0 unspecified atom stereocenters. The third-order valence-corrected chi connectivity index (χ3v) is 3.17. The van der Waals surface area contributed by atoms with E-state index in [0.29, 0.717) is 17.9 Å². The number of anilines is 2. The van der Waals surface area contributed by atoms with E-state index in [2.05, 4.69) is 25.8 Å². The number of benzene rings is 1. The standard InChI is InChI=1S/C14H17F3N6O/c1-23(2)11-4-3-9(14(15,16)17)7-10(11)21-13(24)18-6-5-12-19-8-20-22-12/h3-4,7-8H,5-6H2,1-2H3,(H2,18,21,24)(H,19,20,22). The van der Waals surface area contributed by atoms with Gasteiger partial charge in [-0.3, -0.25) is 5.10 Å². The molecule has 24 heavy (non-hydrogen) atoms. The number of aromatic nitrogens is 3. The second-order valence-electron chi connectivity index (χ2n) is 5.19. The first-order chi connectivity index (χ1) is 11.3. The first-order valence-corrected chi connectivity index (χ1v) is 7.05. The van der Waals surface area contributed by atoms with E-state index < -0.39 is 17.8 Å². The average molecular weight is 342 g/mol. The van der Waals surface area contributed by atoms with Crippen LogP contribution in [0.15, 0.2) is 24.5 Å². The Morgan fingerprint density at radius 1 is 1.33 bits per heavy atom. The summed E-state index contributed by atoms with van der Waals surface area (Å²) in [6.45, 7) is 0.261. The first kappa shape index (κ1) is 17.6. The lowest BCUT2D eigenvalue weighted by molar-refractivity contribution is -0.137. The zero-order valence-electron chi connectivity index (χ0n) is 13.1. The summed E-state index contributed by atoms with van der Waals surface area (Å²) in [5, 5.41) is 11.3. The van der Waals surface area contributed by atoms with Crippen LogP contribution >= 0.6 is 0 Å². The van der Waals surface area contributed by atoms with E-state index >= 15 is 0 Å². The number of alkyl halides is 3. The molecule has 130 valence electrons. The van der Waals surface area contributed by atoms with Crippen LogP contribution < -0.4 is 15.5 Å². The molecule has 1 aromatic heterocycles. The number of amides is 2.